The summed E-state index contributed by atoms with van der Waals surface area (Å²) in [6.45, 7) is 0.476. The molecule has 1 atom stereocenters. The molecular weight excluding hydrogens is 385 g/mol. The van der Waals surface area contributed by atoms with Crippen LogP contribution in [-0.4, -0.2) is 43.5 Å². The molecule has 1 N–H and O–H groups in total. The number of oxazole rings is 1. The second-order valence-electron chi connectivity index (χ2n) is 7.15. The van der Waals surface area contributed by atoms with Gasteiger partial charge in [0.25, 0.3) is 0 Å². The highest BCUT2D eigenvalue weighted by molar-refractivity contribution is 5.76. The highest BCUT2D eigenvalue weighted by Crippen LogP contribution is 2.24. The van der Waals surface area contributed by atoms with Gasteiger partial charge in [-0.15, -0.1) is 0 Å². The molecule has 0 saturated carbocycles. The van der Waals surface area contributed by atoms with Crippen LogP contribution in [0.1, 0.15) is 23.9 Å². The van der Waals surface area contributed by atoms with Gasteiger partial charge in [0.2, 0.25) is 5.91 Å². The van der Waals surface area contributed by atoms with E-state index in [0.717, 1.165) is 11.3 Å². The number of aromatic nitrogens is 1. The van der Waals surface area contributed by atoms with Crippen molar-refractivity contribution >= 4 is 5.91 Å². The van der Waals surface area contributed by atoms with Crippen LogP contribution >= 0.6 is 0 Å². The second-order valence-corrected chi connectivity index (χ2v) is 7.15. The summed E-state index contributed by atoms with van der Waals surface area (Å²) in [5, 5.41) is 2.97. The maximum atomic E-state index is 13.9. The number of hydrogen-bond donors (Lipinski definition) is 1. The van der Waals surface area contributed by atoms with Gasteiger partial charge in [0.15, 0.2) is 11.7 Å². The molecule has 1 amide bonds. The first-order chi connectivity index (χ1) is 14.5. The molecule has 1 aromatic heterocycles. The molecule has 0 bridgehead atoms. The van der Waals surface area contributed by atoms with E-state index < -0.39 is 0 Å². The van der Waals surface area contributed by atoms with Gasteiger partial charge in [-0.3, -0.25) is 4.79 Å². The number of hydrogen-bond acceptors (Lipinski definition) is 5. The molecule has 6 nitrogen and oxygen atoms in total. The molecule has 1 heterocycles. The summed E-state index contributed by atoms with van der Waals surface area (Å²) in [7, 11) is 5.57. The lowest BCUT2D eigenvalue weighted by Crippen LogP contribution is -2.34. The zero-order chi connectivity index (χ0) is 21.5. The summed E-state index contributed by atoms with van der Waals surface area (Å²) < 4.78 is 24.7. The van der Waals surface area contributed by atoms with Crippen LogP contribution in [0.15, 0.2) is 59.1 Å². The van der Waals surface area contributed by atoms with Crippen molar-refractivity contribution in [1.29, 1.82) is 0 Å². The van der Waals surface area contributed by atoms with E-state index in [4.69, 9.17) is 9.15 Å². The maximum absolute atomic E-state index is 13.9. The number of methoxy groups -OCH3 is 1. The van der Waals surface area contributed by atoms with Crippen LogP contribution in [0.25, 0.3) is 11.3 Å². The van der Waals surface area contributed by atoms with E-state index in [1.165, 1.54) is 12.3 Å². The lowest BCUT2D eigenvalue weighted by atomic mass is 10.1. The van der Waals surface area contributed by atoms with Crippen molar-refractivity contribution in [2.75, 3.05) is 27.7 Å². The first kappa shape index (κ1) is 21.5. The van der Waals surface area contributed by atoms with Gasteiger partial charge < -0.3 is 19.4 Å². The fraction of sp³-hybridized carbons (Fsp3) is 0.304. The molecule has 3 aromatic rings. The van der Waals surface area contributed by atoms with Gasteiger partial charge in [-0.25, -0.2) is 9.37 Å². The summed E-state index contributed by atoms with van der Waals surface area (Å²) in [5.74, 6) is 1.09. The molecule has 0 saturated heterocycles. The van der Waals surface area contributed by atoms with E-state index in [-0.39, 0.29) is 24.2 Å². The number of carbonyl (C=O) groups is 1. The molecular formula is C23H26FN3O3. The number of ether oxygens (including phenoxy) is 1. The number of benzene rings is 2. The van der Waals surface area contributed by atoms with Gasteiger partial charge in [0.1, 0.15) is 11.6 Å². The predicted molar refractivity (Wildman–Crippen MR) is 113 cm³/mol. The van der Waals surface area contributed by atoms with Gasteiger partial charge in [-0.05, 0) is 43.9 Å². The van der Waals surface area contributed by atoms with Crippen molar-refractivity contribution in [3.8, 4) is 17.1 Å². The van der Waals surface area contributed by atoms with E-state index in [9.17, 15) is 9.18 Å². The third-order valence-corrected chi connectivity index (χ3v) is 4.88. The van der Waals surface area contributed by atoms with E-state index in [1.807, 2.05) is 38.4 Å². The number of rotatable bonds is 9. The van der Waals surface area contributed by atoms with Gasteiger partial charge in [0.05, 0.1) is 24.9 Å². The number of halogens is 1. The van der Waals surface area contributed by atoms with Crippen molar-refractivity contribution in [3.05, 3.63) is 72.0 Å². The van der Waals surface area contributed by atoms with Gasteiger partial charge in [-0.1, -0.05) is 24.3 Å². The number of carbonyl (C=O) groups excluding carboxylic acids is 1. The van der Waals surface area contributed by atoms with Crippen molar-refractivity contribution in [2.24, 2.45) is 0 Å². The van der Waals surface area contributed by atoms with Crippen LogP contribution in [0, 0.1) is 5.82 Å². The molecule has 0 fully saturated rings. The molecule has 0 aliphatic rings. The van der Waals surface area contributed by atoms with Crippen molar-refractivity contribution < 1.29 is 18.3 Å². The summed E-state index contributed by atoms with van der Waals surface area (Å²) in [5.41, 5.74) is 1.44. The largest absolute Gasteiger partial charge is 0.497 e. The summed E-state index contributed by atoms with van der Waals surface area (Å²) in [4.78, 5) is 18.5. The Labute approximate surface area is 175 Å². The highest BCUT2D eigenvalue weighted by Gasteiger charge is 2.16. The molecule has 0 aliphatic heterocycles. The number of amides is 1. The Morgan fingerprint density at radius 2 is 1.93 bits per heavy atom. The Hall–Kier alpha value is -3.19. The molecule has 0 radical (unpaired) electrons. The van der Waals surface area contributed by atoms with E-state index in [0.29, 0.717) is 30.2 Å². The minimum absolute atomic E-state index is 0.0363. The first-order valence-corrected chi connectivity index (χ1v) is 9.74. The zero-order valence-electron chi connectivity index (χ0n) is 17.4. The van der Waals surface area contributed by atoms with E-state index in [2.05, 4.69) is 15.2 Å². The van der Waals surface area contributed by atoms with Gasteiger partial charge >= 0.3 is 0 Å². The lowest BCUT2D eigenvalue weighted by Gasteiger charge is -2.25. The smallest absolute Gasteiger partial charge is 0.220 e. The van der Waals surface area contributed by atoms with Crippen molar-refractivity contribution in [3.63, 3.8) is 0 Å². The molecule has 7 heteroatoms. The highest BCUT2D eigenvalue weighted by atomic mass is 19.1. The molecule has 0 spiro atoms. The molecule has 1 unspecified atom stereocenters. The average molecular weight is 411 g/mol. The molecule has 3 rings (SSSR count). The maximum Gasteiger partial charge on any atom is 0.220 e. The number of nitrogens with zero attached hydrogens (tertiary/aromatic N) is 2. The molecule has 2 aromatic carbocycles. The lowest BCUT2D eigenvalue weighted by molar-refractivity contribution is -0.121. The normalized spacial score (nSPS) is 12.0. The van der Waals surface area contributed by atoms with Crippen LogP contribution in [0.3, 0.4) is 0 Å². The Bertz CT molecular complexity index is 970. The topological polar surface area (TPSA) is 67.6 Å². The van der Waals surface area contributed by atoms with Crippen LogP contribution in [0.4, 0.5) is 4.39 Å². The minimum Gasteiger partial charge on any atom is -0.497 e. The quantitative estimate of drug-likeness (QED) is 0.579. The zero-order valence-corrected chi connectivity index (χ0v) is 17.4. The Kier molecular flexibility index (Phi) is 7.19. The summed E-state index contributed by atoms with van der Waals surface area (Å²) in [6, 6.07) is 14.2. The third kappa shape index (κ3) is 5.45. The Morgan fingerprint density at radius 3 is 2.60 bits per heavy atom. The molecule has 30 heavy (non-hydrogen) atoms. The van der Waals surface area contributed by atoms with Crippen LogP contribution < -0.4 is 10.1 Å². The fourth-order valence-corrected chi connectivity index (χ4v) is 3.16. The summed E-state index contributed by atoms with van der Waals surface area (Å²) >= 11 is 0. The number of aryl methyl sites for hydroxylation is 1. The summed E-state index contributed by atoms with van der Waals surface area (Å²) in [6.07, 6.45) is 2.06. The Morgan fingerprint density at radius 1 is 1.20 bits per heavy atom. The SMILES string of the molecule is COc1ccc(C(CNC(=O)CCc2ncc(-c3ccccc3F)o2)N(C)C)cc1. The van der Waals surface area contributed by atoms with Gasteiger partial charge in [-0.2, -0.15) is 0 Å². The van der Waals surface area contributed by atoms with Crippen LogP contribution in [0.2, 0.25) is 0 Å². The van der Waals surface area contributed by atoms with Crippen molar-refractivity contribution in [2.45, 2.75) is 18.9 Å². The van der Waals surface area contributed by atoms with Crippen LogP contribution in [-0.2, 0) is 11.2 Å². The fourth-order valence-electron chi connectivity index (χ4n) is 3.16. The third-order valence-electron chi connectivity index (χ3n) is 4.88. The predicted octanol–water partition coefficient (Wildman–Crippen LogP) is 3.84. The molecule has 0 aliphatic carbocycles. The number of nitrogens with one attached hydrogen (secondary N) is 1. The second kappa shape index (κ2) is 10.0. The van der Waals surface area contributed by atoms with E-state index >= 15 is 0 Å². The van der Waals surface area contributed by atoms with E-state index in [1.54, 1.807) is 25.3 Å². The van der Waals surface area contributed by atoms with Crippen molar-refractivity contribution in [1.82, 2.24) is 15.2 Å². The van der Waals surface area contributed by atoms with Gasteiger partial charge in [0, 0.05) is 19.4 Å². The monoisotopic (exact) mass is 411 g/mol. The first-order valence-electron chi connectivity index (χ1n) is 9.74. The Balaban J connectivity index is 1.53. The standard InChI is InChI=1S/C23H26FN3O3/c1-27(2)20(16-8-10-17(29-3)11-9-16)14-25-22(28)12-13-23-26-15-21(30-23)18-6-4-5-7-19(18)24/h4-11,15,20H,12-14H2,1-3H3,(H,25,28). The molecule has 158 valence electrons. The average Bonchev–Trinajstić information content (AvgIpc) is 3.22. The van der Waals surface area contributed by atoms with Crippen LogP contribution in [0.5, 0.6) is 5.75 Å². The minimum atomic E-state index is -0.369. The number of likely N-dealkylation sites (N-methyl/N-ethyl adjacent to an activating group) is 1.